The maximum Gasteiger partial charge on any atom is 0.0939 e. The van der Waals surface area contributed by atoms with E-state index >= 15 is 0 Å². The van der Waals surface area contributed by atoms with Gasteiger partial charge in [0.05, 0.1) is 11.1 Å². The van der Waals surface area contributed by atoms with Crippen LogP contribution in [0.4, 0.5) is 0 Å². The molecule has 1 rings (SSSR count). The molecule has 0 aromatic rings. The molecular weight excluding hydrogens is 120 g/mol. The third-order valence-corrected chi connectivity index (χ3v) is 1.84. The summed E-state index contributed by atoms with van der Waals surface area (Å²) in [6, 6.07) is 1.96. The molecule has 0 amide bonds. The van der Waals surface area contributed by atoms with Gasteiger partial charge >= 0.3 is 0 Å². The number of nitrogens with one attached hydrogen (secondary N) is 1. The van der Waals surface area contributed by atoms with E-state index in [1.165, 1.54) is 6.08 Å². The average Bonchev–Trinajstić information content (AvgIpc) is 2.19. The molecule has 1 aliphatic heterocycles. The number of thioether (sulfide) groups is 1. The molecule has 1 heterocycles. The fourth-order valence-electron chi connectivity index (χ4n) is 0.538. The van der Waals surface area contributed by atoms with E-state index in [-0.39, 0.29) is 0 Å². The highest BCUT2D eigenvalue weighted by Crippen LogP contribution is 2.16. The van der Waals surface area contributed by atoms with Gasteiger partial charge in [0.2, 0.25) is 0 Å². The number of hydrogen-bond donors (Lipinski definition) is 1. The summed E-state index contributed by atoms with van der Waals surface area (Å²) < 4.78 is 0. The van der Waals surface area contributed by atoms with Gasteiger partial charge in [-0.15, -0.1) is 11.8 Å². The van der Waals surface area contributed by atoms with Gasteiger partial charge in [-0.1, -0.05) is 0 Å². The second-order valence-corrected chi connectivity index (χ2v) is 2.55. The van der Waals surface area contributed by atoms with E-state index < -0.39 is 0 Å². The molecule has 0 unspecified atom stereocenters. The molecule has 2 nitrogen and oxygen atoms in total. The van der Waals surface area contributed by atoms with Crippen LogP contribution in [0.15, 0.2) is 11.1 Å². The Hall–Kier alpha value is -0.620. The molecule has 0 atom stereocenters. The minimum Gasteiger partial charge on any atom is -0.378 e. The second kappa shape index (κ2) is 2.63. The lowest BCUT2D eigenvalue weighted by molar-refractivity contribution is 0.947. The molecule has 1 N–H and O–H groups in total. The Labute approximate surface area is 52.6 Å². The van der Waals surface area contributed by atoms with Gasteiger partial charge in [-0.2, -0.15) is 5.26 Å². The van der Waals surface area contributed by atoms with Crippen LogP contribution >= 0.6 is 11.8 Å². The van der Waals surface area contributed by atoms with Gasteiger partial charge in [0.15, 0.2) is 0 Å². The third-order valence-electron chi connectivity index (χ3n) is 0.855. The van der Waals surface area contributed by atoms with Crippen molar-refractivity contribution in [3.63, 3.8) is 0 Å². The summed E-state index contributed by atoms with van der Waals surface area (Å²) >= 11 is 1.69. The number of nitriles is 1. The Morgan fingerprint density at radius 3 is 3.25 bits per heavy atom. The highest BCUT2D eigenvalue weighted by Gasteiger charge is 2.03. The van der Waals surface area contributed by atoms with Crippen molar-refractivity contribution in [2.45, 2.75) is 0 Å². The standard InChI is InChI=1S/C5H6N2S/c6-2-1-5-7-3-4-8-5/h1,7H,3-4H2. The zero-order valence-electron chi connectivity index (χ0n) is 4.35. The maximum absolute atomic E-state index is 8.15. The maximum atomic E-state index is 8.15. The SMILES string of the molecule is N#CC=C1NCCS1. The lowest BCUT2D eigenvalue weighted by Crippen LogP contribution is -2.03. The van der Waals surface area contributed by atoms with Crippen LogP contribution in [-0.2, 0) is 0 Å². The van der Waals surface area contributed by atoms with Crippen LogP contribution in [-0.4, -0.2) is 12.3 Å². The molecule has 0 radical (unpaired) electrons. The number of nitrogens with zero attached hydrogens (tertiary/aromatic N) is 1. The van der Waals surface area contributed by atoms with Crippen LogP contribution in [0.2, 0.25) is 0 Å². The first-order valence-electron chi connectivity index (χ1n) is 2.40. The van der Waals surface area contributed by atoms with E-state index in [1.54, 1.807) is 11.8 Å². The lowest BCUT2D eigenvalue weighted by atomic mass is 10.6. The van der Waals surface area contributed by atoms with Crippen LogP contribution < -0.4 is 5.32 Å². The van der Waals surface area contributed by atoms with Crippen molar-refractivity contribution in [2.24, 2.45) is 0 Å². The summed E-state index contributed by atoms with van der Waals surface area (Å²) in [5.41, 5.74) is 0. The Balaban J connectivity index is 2.48. The minimum atomic E-state index is 0.998. The fraction of sp³-hybridized carbons (Fsp3) is 0.400. The van der Waals surface area contributed by atoms with Crippen LogP contribution in [0.3, 0.4) is 0 Å². The number of hydrogen-bond acceptors (Lipinski definition) is 3. The summed E-state index contributed by atoms with van der Waals surface area (Å²) in [7, 11) is 0. The molecule has 1 fully saturated rings. The van der Waals surface area contributed by atoms with Gasteiger partial charge in [0.1, 0.15) is 0 Å². The predicted octanol–water partition coefficient (Wildman–Crippen LogP) is 0.688. The predicted molar refractivity (Wildman–Crippen MR) is 34.2 cm³/mol. The van der Waals surface area contributed by atoms with Gasteiger partial charge in [0, 0.05) is 18.4 Å². The normalized spacial score (nSPS) is 22.6. The molecule has 42 valence electrons. The van der Waals surface area contributed by atoms with E-state index in [2.05, 4.69) is 5.32 Å². The van der Waals surface area contributed by atoms with E-state index in [0.29, 0.717) is 0 Å². The van der Waals surface area contributed by atoms with Crippen LogP contribution in [0.1, 0.15) is 0 Å². The molecule has 0 spiro atoms. The molecule has 0 aromatic heterocycles. The monoisotopic (exact) mass is 126 g/mol. The van der Waals surface area contributed by atoms with Crippen LogP contribution in [0.25, 0.3) is 0 Å². The minimum absolute atomic E-state index is 0.998. The molecular formula is C5H6N2S. The first-order chi connectivity index (χ1) is 3.93. The quantitative estimate of drug-likeness (QED) is 0.485. The average molecular weight is 126 g/mol. The van der Waals surface area contributed by atoms with Crippen molar-refractivity contribution in [2.75, 3.05) is 12.3 Å². The van der Waals surface area contributed by atoms with Gasteiger partial charge in [-0.3, -0.25) is 0 Å². The van der Waals surface area contributed by atoms with Gasteiger partial charge < -0.3 is 5.32 Å². The van der Waals surface area contributed by atoms with Crippen molar-refractivity contribution >= 4 is 11.8 Å². The van der Waals surface area contributed by atoms with Gasteiger partial charge in [-0.25, -0.2) is 0 Å². The zero-order chi connectivity index (χ0) is 5.82. The van der Waals surface area contributed by atoms with E-state index in [4.69, 9.17) is 5.26 Å². The van der Waals surface area contributed by atoms with Crippen molar-refractivity contribution in [3.05, 3.63) is 11.1 Å². The highest BCUT2D eigenvalue weighted by molar-refractivity contribution is 8.03. The first-order valence-corrected chi connectivity index (χ1v) is 3.38. The highest BCUT2D eigenvalue weighted by atomic mass is 32.2. The summed E-state index contributed by atoms with van der Waals surface area (Å²) in [4.78, 5) is 0. The Morgan fingerprint density at radius 1 is 1.88 bits per heavy atom. The van der Waals surface area contributed by atoms with E-state index in [9.17, 15) is 0 Å². The summed E-state index contributed by atoms with van der Waals surface area (Å²) in [5, 5.41) is 12.2. The molecule has 0 saturated carbocycles. The van der Waals surface area contributed by atoms with Crippen molar-refractivity contribution in [3.8, 4) is 6.07 Å². The topological polar surface area (TPSA) is 35.8 Å². The van der Waals surface area contributed by atoms with Crippen molar-refractivity contribution in [1.82, 2.24) is 5.32 Å². The number of rotatable bonds is 0. The summed E-state index contributed by atoms with van der Waals surface area (Å²) in [5.74, 6) is 1.09. The number of allylic oxidation sites excluding steroid dienone is 1. The zero-order valence-corrected chi connectivity index (χ0v) is 5.16. The second-order valence-electron chi connectivity index (χ2n) is 1.41. The van der Waals surface area contributed by atoms with Gasteiger partial charge in [0.25, 0.3) is 0 Å². The van der Waals surface area contributed by atoms with Crippen molar-refractivity contribution in [1.29, 1.82) is 5.26 Å². The molecule has 0 aliphatic carbocycles. The smallest absolute Gasteiger partial charge is 0.0939 e. The summed E-state index contributed by atoms with van der Waals surface area (Å²) in [6.45, 7) is 0.998. The Kier molecular flexibility index (Phi) is 1.81. The molecule has 0 aromatic carbocycles. The summed E-state index contributed by atoms with van der Waals surface area (Å²) in [6.07, 6.45) is 1.54. The Morgan fingerprint density at radius 2 is 2.75 bits per heavy atom. The molecule has 1 aliphatic rings. The largest absolute Gasteiger partial charge is 0.378 e. The van der Waals surface area contributed by atoms with E-state index in [0.717, 1.165) is 17.3 Å². The van der Waals surface area contributed by atoms with Gasteiger partial charge in [-0.05, 0) is 0 Å². The molecule has 8 heavy (non-hydrogen) atoms. The van der Waals surface area contributed by atoms with Crippen LogP contribution in [0, 0.1) is 11.3 Å². The Bertz CT molecular complexity index is 137. The lowest BCUT2D eigenvalue weighted by Gasteiger charge is -1.88. The fourth-order valence-corrected chi connectivity index (χ4v) is 1.30. The first kappa shape index (κ1) is 5.52. The van der Waals surface area contributed by atoms with E-state index in [1.807, 2.05) is 6.07 Å². The van der Waals surface area contributed by atoms with Crippen molar-refractivity contribution < 1.29 is 0 Å². The molecule has 1 saturated heterocycles. The molecule has 3 heteroatoms. The van der Waals surface area contributed by atoms with Crippen LogP contribution in [0.5, 0.6) is 0 Å². The molecule has 0 bridgehead atoms. The third kappa shape index (κ3) is 1.17.